The maximum absolute atomic E-state index is 12.4. The summed E-state index contributed by atoms with van der Waals surface area (Å²) in [7, 11) is 4.81. The maximum atomic E-state index is 12.4. The van der Waals surface area contributed by atoms with E-state index in [0.29, 0.717) is 11.5 Å². The van der Waals surface area contributed by atoms with Crippen molar-refractivity contribution < 1.29 is 19.0 Å². The molecular weight excluding hydrogens is 318 g/mol. The number of benzene rings is 2. The standard InChI is InChI=1S/C20H25NO4/c1-5-17(15-7-9-16(23-2)10-8-15)21-20(22)13-14-6-11-18(24-3)19(12-14)25-4/h6-12,17H,5,13H2,1-4H3,(H,21,22)/t17-/m1/s1. The lowest BCUT2D eigenvalue weighted by molar-refractivity contribution is -0.121. The van der Waals surface area contributed by atoms with Gasteiger partial charge in [0, 0.05) is 0 Å². The molecule has 0 aromatic heterocycles. The molecule has 0 aliphatic rings. The summed E-state index contributed by atoms with van der Waals surface area (Å²) in [4.78, 5) is 12.4. The van der Waals surface area contributed by atoms with Crippen LogP contribution >= 0.6 is 0 Å². The van der Waals surface area contributed by atoms with E-state index in [1.54, 1.807) is 21.3 Å². The molecule has 25 heavy (non-hydrogen) atoms. The Kier molecular flexibility index (Phi) is 6.69. The third-order valence-electron chi connectivity index (χ3n) is 4.07. The minimum atomic E-state index is -0.0325. The zero-order valence-corrected chi connectivity index (χ0v) is 15.2. The number of methoxy groups -OCH3 is 3. The monoisotopic (exact) mass is 343 g/mol. The molecule has 1 N–H and O–H groups in total. The molecule has 1 amide bonds. The van der Waals surface area contributed by atoms with Crippen LogP contribution in [0.25, 0.3) is 0 Å². The van der Waals surface area contributed by atoms with Crippen LogP contribution in [0, 0.1) is 0 Å². The smallest absolute Gasteiger partial charge is 0.224 e. The molecule has 0 fully saturated rings. The molecule has 5 heteroatoms. The van der Waals surface area contributed by atoms with E-state index < -0.39 is 0 Å². The lowest BCUT2D eigenvalue weighted by Crippen LogP contribution is -2.29. The summed E-state index contributed by atoms with van der Waals surface area (Å²) in [6, 6.07) is 13.2. The van der Waals surface area contributed by atoms with Crippen molar-refractivity contribution in [2.45, 2.75) is 25.8 Å². The van der Waals surface area contributed by atoms with Crippen molar-refractivity contribution in [3.05, 3.63) is 53.6 Å². The average molecular weight is 343 g/mol. The van der Waals surface area contributed by atoms with Crippen molar-refractivity contribution >= 4 is 5.91 Å². The van der Waals surface area contributed by atoms with Crippen LogP contribution in [0.1, 0.15) is 30.5 Å². The summed E-state index contributed by atoms with van der Waals surface area (Å²) in [6.45, 7) is 2.05. The van der Waals surface area contributed by atoms with E-state index in [1.165, 1.54) is 0 Å². The van der Waals surface area contributed by atoms with Gasteiger partial charge in [-0.15, -0.1) is 0 Å². The van der Waals surface area contributed by atoms with Gasteiger partial charge in [0.1, 0.15) is 5.75 Å². The summed E-state index contributed by atoms with van der Waals surface area (Å²) in [5.74, 6) is 2.04. The Hall–Kier alpha value is -2.69. The highest BCUT2D eigenvalue weighted by Crippen LogP contribution is 2.28. The summed E-state index contributed by atoms with van der Waals surface area (Å²) in [5.41, 5.74) is 1.93. The van der Waals surface area contributed by atoms with E-state index >= 15 is 0 Å². The van der Waals surface area contributed by atoms with Gasteiger partial charge < -0.3 is 19.5 Å². The van der Waals surface area contributed by atoms with E-state index in [-0.39, 0.29) is 18.4 Å². The van der Waals surface area contributed by atoms with E-state index in [2.05, 4.69) is 5.32 Å². The number of carbonyl (C=O) groups excluding carboxylic acids is 1. The maximum Gasteiger partial charge on any atom is 0.224 e. The molecular formula is C20H25NO4. The van der Waals surface area contributed by atoms with E-state index in [1.807, 2.05) is 49.4 Å². The molecule has 0 saturated heterocycles. The molecule has 2 aromatic carbocycles. The van der Waals surface area contributed by atoms with Gasteiger partial charge in [0.25, 0.3) is 0 Å². The first-order valence-corrected chi connectivity index (χ1v) is 8.25. The quantitative estimate of drug-likeness (QED) is 0.797. The second-order valence-electron chi connectivity index (χ2n) is 5.67. The van der Waals surface area contributed by atoms with Crippen molar-refractivity contribution in [2.75, 3.05) is 21.3 Å². The largest absolute Gasteiger partial charge is 0.497 e. The Morgan fingerprint density at radius 1 is 0.960 bits per heavy atom. The molecule has 0 aliphatic heterocycles. The van der Waals surface area contributed by atoms with Crippen molar-refractivity contribution in [1.29, 1.82) is 0 Å². The Labute approximate surface area is 148 Å². The molecule has 1 atom stereocenters. The Morgan fingerprint density at radius 2 is 1.64 bits per heavy atom. The van der Waals surface area contributed by atoms with E-state index in [9.17, 15) is 4.79 Å². The fourth-order valence-electron chi connectivity index (χ4n) is 2.68. The third-order valence-corrected chi connectivity index (χ3v) is 4.07. The molecule has 0 radical (unpaired) electrons. The third kappa shape index (κ3) is 4.89. The molecule has 5 nitrogen and oxygen atoms in total. The first kappa shape index (κ1) is 18.6. The summed E-state index contributed by atoms with van der Waals surface area (Å²) < 4.78 is 15.7. The minimum absolute atomic E-state index is 0.0291. The van der Waals surface area contributed by atoms with Gasteiger partial charge >= 0.3 is 0 Å². The van der Waals surface area contributed by atoms with Crippen molar-refractivity contribution in [2.24, 2.45) is 0 Å². The second kappa shape index (κ2) is 8.97. The van der Waals surface area contributed by atoms with Crippen LogP contribution in [-0.2, 0) is 11.2 Å². The fraction of sp³-hybridized carbons (Fsp3) is 0.350. The number of nitrogens with one attached hydrogen (secondary N) is 1. The van der Waals surface area contributed by atoms with Gasteiger partial charge in [0.05, 0.1) is 33.8 Å². The highest BCUT2D eigenvalue weighted by atomic mass is 16.5. The number of hydrogen-bond acceptors (Lipinski definition) is 4. The minimum Gasteiger partial charge on any atom is -0.497 e. The summed E-state index contributed by atoms with van der Waals surface area (Å²) in [5, 5.41) is 3.08. The normalized spacial score (nSPS) is 11.5. The van der Waals surface area contributed by atoms with E-state index in [4.69, 9.17) is 14.2 Å². The van der Waals surface area contributed by atoms with Crippen LogP contribution in [0.2, 0.25) is 0 Å². The predicted octanol–water partition coefficient (Wildman–Crippen LogP) is 3.52. The van der Waals surface area contributed by atoms with Crippen molar-refractivity contribution in [3.63, 3.8) is 0 Å². The molecule has 0 bridgehead atoms. The van der Waals surface area contributed by atoms with Gasteiger partial charge in [-0.2, -0.15) is 0 Å². The van der Waals surface area contributed by atoms with Gasteiger partial charge in [-0.3, -0.25) is 4.79 Å². The number of hydrogen-bond donors (Lipinski definition) is 1. The van der Waals surface area contributed by atoms with Crippen LogP contribution in [0.3, 0.4) is 0 Å². The molecule has 2 aromatic rings. The van der Waals surface area contributed by atoms with Crippen molar-refractivity contribution in [1.82, 2.24) is 5.32 Å². The Bertz CT molecular complexity index is 697. The zero-order valence-electron chi connectivity index (χ0n) is 15.2. The first-order chi connectivity index (χ1) is 12.1. The van der Waals surface area contributed by atoms with Crippen LogP contribution in [-0.4, -0.2) is 27.2 Å². The Morgan fingerprint density at radius 3 is 2.20 bits per heavy atom. The lowest BCUT2D eigenvalue weighted by atomic mass is 10.0. The highest BCUT2D eigenvalue weighted by molar-refractivity contribution is 5.79. The SMILES string of the molecule is CC[C@@H](NC(=O)Cc1ccc(OC)c(OC)c1)c1ccc(OC)cc1. The topological polar surface area (TPSA) is 56.8 Å². The number of ether oxygens (including phenoxy) is 3. The number of amides is 1. The van der Waals surface area contributed by atoms with Crippen LogP contribution < -0.4 is 19.5 Å². The van der Waals surface area contributed by atoms with Crippen LogP contribution in [0.15, 0.2) is 42.5 Å². The van der Waals surface area contributed by atoms with Crippen LogP contribution in [0.5, 0.6) is 17.2 Å². The highest BCUT2D eigenvalue weighted by Gasteiger charge is 2.14. The molecule has 0 spiro atoms. The van der Waals surface area contributed by atoms with E-state index in [0.717, 1.165) is 23.3 Å². The average Bonchev–Trinajstić information content (AvgIpc) is 2.66. The second-order valence-corrected chi connectivity index (χ2v) is 5.67. The van der Waals surface area contributed by atoms with Gasteiger partial charge in [-0.1, -0.05) is 25.1 Å². The van der Waals surface area contributed by atoms with Crippen LogP contribution in [0.4, 0.5) is 0 Å². The fourth-order valence-corrected chi connectivity index (χ4v) is 2.68. The molecule has 0 heterocycles. The Balaban J connectivity index is 2.04. The van der Waals surface area contributed by atoms with Gasteiger partial charge in [-0.25, -0.2) is 0 Å². The number of carbonyl (C=O) groups is 1. The van der Waals surface area contributed by atoms with Gasteiger partial charge in [0.2, 0.25) is 5.91 Å². The molecule has 0 unspecified atom stereocenters. The summed E-state index contributed by atoms with van der Waals surface area (Å²) >= 11 is 0. The molecule has 0 aliphatic carbocycles. The van der Waals surface area contributed by atoms with Gasteiger partial charge in [0.15, 0.2) is 11.5 Å². The zero-order chi connectivity index (χ0) is 18.2. The predicted molar refractivity (Wildman–Crippen MR) is 97.4 cm³/mol. The molecule has 0 saturated carbocycles. The van der Waals surface area contributed by atoms with Crippen molar-refractivity contribution in [3.8, 4) is 17.2 Å². The molecule has 134 valence electrons. The first-order valence-electron chi connectivity index (χ1n) is 8.25. The van der Waals surface area contributed by atoms with Gasteiger partial charge in [-0.05, 0) is 41.8 Å². The molecule has 2 rings (SSSR count). The summed E-state index contributed by atoms with van der Waals surface area (Å²) in [6.07, 6.45) is 1.09. The number of rotatable bonds is 8. The lowest BCUT2D eigenvalue weighted by Gasteiger charge is -2.18.